The number of likely N-dealkylation sites (tertiary alicyclic amines) is 2. The number of rotatable bonds is 8. The van der Waals surface area contributed by atoms with Gasteiger partial charge < -0.3 is 20.4 Å². The first-order chi connectivity index (χ1) is 14.1. The van der Waals surface area contributed by atoms with E-state index in [0.717, 1.165) is 57.2 Å². The Morgan fingerprint density at radius 3 is 2.48 bits per heavy atom. The van der Waals surface area contributed by atoms with E-state index >= 15 is 0 Å². The highest BCUT2D eigenvalue weighted by Crippen LogP contribution is 2.27. The summed E-state index contributed by atoms with van der Waals surface area (Å²) < 4.78 is 0. The van der Waals surface area contributed by atoms with Crippen LogP contribution in [0.15, 0.2) is 11.5 Å². The predicted octanol–water partition coefficient (Wildman–Crippen LogP) is 3.30. The molecule has 2 heterocycles. The Morgan fingerprint density at radius 1 is 1.10 bits per heavy atom. The summed E-state index contributed by atoms with van der Waals surface area (Å²) in [6, 6.07) is 4.04. The first-order valence-electron chi connectivity index (χ1n) is 11.6. The Balaban J connectivity index is 1.48. The first kappa shape index (κ1) is 21.9. The van der Waals surface area contributed by atoms with E-state index in [1.165, 1.54) is 38.6 Å². The van der Waals surface area contributed by atoms with Gasteiger partial charge in [-0.25, -0.2) is 10.1 Å². The number of hydrogen-bond acceptors (Lipinski definition) is 5. The van der Waals surface area contributed by atoms with Crippen molar-refractivity contribution in [2.75, 3.05) is 32.7 Å². The molecule has 3 rings (SSSR count). The van der Waals surface area contributed by atoms with Gasteiger partial charge in [-0.05, 0) is 64.3 Å². The summed E-state index contributed by atoms with van der Waals surface area (Å²) >= 11 is 0. The van der Waals surface area contributed by atoms with Crippen molar-refractivity contribution in [2.24, 2.45) is 5.92 Å². The highest BCUT2D eigenvalue weighted by Gasteiger charge is 2.28. The fourth-order valence-electron chi connectivity index (χ4n) is 5.26. The maximum Gasteiger partial charge on any atom is 0.300 e. The van der Waals surface area contributed by atoms with Gasteiger partial charge in [-0.1, -0.05) is 13.3 Å². The molecular formula is C23H38N6. The van der Waals surface area contributed by atoms with Gasteiger partial charge in [0.2, 0.25) is 0 Å². The lowest BCUT2D eigenvalue weighted by atomic mass is 10.00. The highest BCUT2D eigenvalue weighted by atomic mass is 15.3. The molecule has 6 heteroatoms. The van der Waals surface area contributed by atoms with E-state index in [1.54, 1.807) is 0 Å². The third-order valence-corrected chi connectivity index (χ3v) is 7.17. The minimum absolute atomic E-state index is 0.204. The average molecular weight is 399 g/mol. The summed E-state index contributed by atoms with van der Waals surface area (Å²) in [7, 11) is 0. The van der Waals surface area contributed by atoms with Crippen molar-refractivity contribution < 1.29 is 0 Å². The second-order valence-electron chi connectivity index (χ2n) is 9.17. The molecule has 1 aliphatic carbocycles. The Kier molecular flexibility index (Phi) is 8.21. The summed E-state index contributed by atoms with van der Waals surface area (Å²) in [6.45, 7) is 17.0. The Hall–Kier alpha value is -1.76. The van der Waals surface area contributed by atoms with E-state index in [4.69, 9.17) is 6.57 Å². The second-order valence-corrected chi connectivity index (χ2v) is 9.17. The minimum Gasteiger partial charge on any atom is -0.380 e. The van der Waals surface area contributed by atoms with Crippen LogP contribution in [0.25, 0.3) is 4.85 Å². The molecule has 2 N–H and O–H groups in total. The lowest BCUT2D eigenvalue weighted by Gasteiger charge is -2.37. The van der Waals surface area contributed by atoms with Crippen LogP contribution in [0.1, 0.15) is 65.2 Å². The summed E-state index contributed by atoms with van der Waals surface area (Å²) in [6.07, 6.45) is 9.81. The molecule has 0 aromatic heterocycles. The molecule has 0 spiro atoms. The molecule has 0 aromatic rings. The normalized spacial score (nSPS) is 29.4. The van der Waals surface area contributed by atoms with Crippen molar-refractivity contribution in [1.82, 2.24) is 20.4 Å². The minimum atomic E-state index is 0.204. The maximum absolute atomic E-state index is 9.45. The molecule has 3 fully saturated rings. The van der Waals surface area contributed by atoms with Crippen molar-refractivity contribution in [3.63, 3.8) is 0 Å². The fraction of sp³-hybridized carbons (Fsp3) is 0.826. The van der Waals surface area contributed by atoms with Gasteiger partial charge in [0.25, 0.3) is 5.70 Å². The van der Waals surface area contributed by atoms with Crippen molar-refractivity contribution in [1.29, 1.82) is 5.26 Å². The number of nitrogens with one attached hydrogen (secondary N) is 2. The summed E-state index contributed by atoms with van der Waals surface area (Å²) in [5.74, 6) is 1.54. The highest BCUT2D eigenvalue weighted by molar-refractivity contribution is 5.32. The average Bonchev–Trinajstić information content (AvgIpc) is 3.33. The summed E-state index contributed by atoms with van der Waals surface area (Å²) in [5, 5.41) is 16.8. The summed E-state index contributed by atoms with van der Waals surface area (Å²) in [4.78, 5) is 8.28. The molecule has 1 saturated carbocycles. The van der Waals surface area contributed by atoms with Crippen LogP contribution in [0.2, 0.25) is 0 Å². The van der Waals surface area contributed by atoms with Crippen molar-refractivity contribution in [3.05, 3.63) is 22.9 Å². The number of nitriles is 1. The standard InChI is InChI=1S/C23H38N6/c1-18-7-4-9-21(18)27-20-10-15-29(16-11-20)23(22(17-24)25-3)26-12-6-14-28-13-5-8-19(28)2/h18-21,26-27H,4-16H2,1-2H3/b23-22+. The molecule has 0 aromatic carbocycles. The first-order valence-corrected chi connectivity index (χ1v) is 11.6. The van der Waals surface area contributed by atoms with Crippen LogP contribution < -0.4 is 10.6 Å². The lowest BCUT2D eigenvalue weighted by Crippen LogP contribution is -2.48. The van der Waals surface area contributed by atoms with E-state index in [9.17, 15) is 5.26 Å². The Morgan fingerprint density at radius 2 is 1.90 bits per heavy atom. The van der Waals surface area contributed by atoms with Crippen LogP contribution >= 0.6 is 0 Å². The van der Waals surface area contributed by atoms with Gasteiger partial charge >= 0.3 is 0 Å². The van der Waals surface area contributed by atoms with E-state index in [0.29, 0.717) is 18.1 Å². The van der Waals surface area contributed by atoms with Gasteiger partial charge in [0.15, 0.2) is 0 Å². The zero-order valence-corrected chi connectivity index (χ0v) is 18.3. The van der Waals surface area contributed by atoms with Crippen molar-refractivity contribution in [2.45, 2.75) is 83.3 Å². The van der Waals surface area contributed by atoms with E-state index in [-0.39, 0.29) is 5.70 Å². The third kappa shape index (κ3) is 5.87. The quantitative estimate of drug-likeness (QED) is 0.373. The van der Waals surface area contributed by atoms with E-state index in [1.807, 2.05) is 0 Å². The largest absolute Gasteiger partial charge is 0.380 e. The topological polar surface area (TPSA) is 58.7 Å². The van der Waals surface area contributed by atoms with Crippen LogP contribution in [-0.4, -0.2) is 60.6 Å². The molecule has 3 atom stereocenters. The SMILES string of the molecule is [C-]#[N+]/C(C#N)=C(\NCCCN1CCCC1C)N1CCC(NC2CCCC2C)CC1. The number of nitrogens with zero attached hydrogens (tertiary/aromatic N) is 4. The molecule has 0 amide bonds. The van der Waals surface area contributed by atoms with Crippen molar-refractivity contribution in [3.8, 4) is 6.07 Å². The number of allylic oxidation sites excluding steroid dienone is 1. The molecule has 160 valence electrons. The van der Waals surface area contributed by atoms with Gasteiger partial charge in [0, 0.05) is 44.3 Å². The van der Waals surface area contributed by atoms with Crippen LogP contribution in [0.4, 0.5) is 0 Å². The molecule has 2 aliphatic heterocycles. The predicted molar refractivity (Wildman–Crippen MR) is 117 cm³/mol. The Bertz CT molecular complexity index is 621. The molecule has 2 saturated heterocycles. The molecule has 29 heavy (non-hydrogen) atoms. The second kappa shape index (κ2) is 10.9. The zero-order valence-electron chi connectivity index (χ0n) is 18.3. The van der Waals surface area contributed by atoms with Crippen LogP contribution in [0.3, 0.4) is 0 Å². The van der Waals surface area contributed by atoms with Gasteiger partial charge in [-0.15, -0.1) is 0 Å². The molecule has 6 nitrogen and oxygen atoms in total. The smallest absolute Gasteiger partial charge is 0.300 e. The van der Waals surface area contributed by atoms with Gasteiger partial charge in [-0.3, -0.25) is 0 Å². The van der Waals surface area contributed by atoms with Gasteiger partial charge in [0.1, 0.15) is 5.82 Å². The molecule has 3 unspecified atom stereocenters. The van der Waals surface area contributed by atoms with Crippen LogP contribution in [0.5, 0.6) is 0 Å². The van der Waals surface area contributed by atoms with Crippen LogP contribution in [0, 0.1) is 23.8 Å². The number of piperidine rings is 1. The number of hydrogen-bond donors (Lipinski definition) is 2. The van der Waals surface area contributed by atoms with Gasteiger partial charge in [-0.2, -0.15) is 0 Å². The van der Waals surface area contributed by atoms with E-state index < -0.39 is 0 Å². The van der Waals surface area contributed by atoms with E-state index in [2.05, 4.69) is 45.2 Å². The fourth-order valence-corrected chi connectivity index (χ4v) is 5.26. The zero-order chi connectivity index (χ0) is 20.6. The van der Waals surface area contributed by atoms with Gasteiger partial charge in [0.05, 0.1) is 12.6 Å². The molecule has 0 radical (unpaired) electrons. The molecular weight excluding hydrogens is 360 g/mol. The summed E-state index contributed by atoms with van der Waals surface area (Å²) in [5.41, 5.74) is 0.204. The monoisotopic (exact) mass is 398 g/mol. The van der Waals surface area contributed by atoms with Crippen molar-refractivity contribution >= 4 is 0 Å². The Labute approximate surface area is 177 Å². The molecule has 0 bridgehead atoms. The lowest BCUT2D eigenvalue weighted by molar-refractivity contribution is 0.210. The molecule has 3 aliphatic rings. The third-order valence-electron chi connectivity index (χ3n) is 7.17. The maximum atomic E-state index is 9.45. The van der Waals surface area contributed by atoms with Crippen LogP contribution in [-0.2, 0) is 0 Å².